The SMILES string of the molecule is Cc1cn(Cc2c(Cl)ccc(C(=O)N3CCC(C(=O)O)CC3)c2Cl)c2c(C)cc(OC(F)(F)F)cc12. The van der Waals surface area contributed by atoms with Crippen molar-refractivity contribution in [2.45, 2.75) is 39.6 Å². The molecule has 4 rings (SSSR count). The predicted octanol–water partition coefficient (Wildman–Crippen LogP) is 6.45. The molecule has 0 unspecified atom stereocenters. The molecule has 0 bridgehead atoms. The molecule has 1 saturated heterocycles. The van der Waals surface area contributed by atoms with E-state index in [0.717, 1.165) is 5.56 Å². The molecule has 0 atom stereocenters. The number of piperidine rings is 1. The number of aryl methyl sites for hydroxylation is 2. The van der Waals surface area contributed by atoms with E-state index in [1.54, 1.807) is 37.1 Å². The van der Waals surface area contributed by atoms with E-state index in [9.17, 15) is 27.9 Å². The van der Waals surface area contributed by atoms with Gasteiger partial charge in [0.2, 0.25) is 0 Å². The number of halogens is 5. The number of carbonyl (C=O) groups excluding carboxylic acids is 1. The number of ether oxygens (including phenoxy) is 1. The van der Waals surface area contributed by atoms with Crippen LogP contribution in [0.1, 0.15) is 39.9 Å². The smallest absolute Gasteiger partial charge is 0.481 e. The third kappa shape index (κ3) is 5.27. The number of fused-ring (bicyclic) bond motifs is 1. The topological polar surface area (TPSA) is 71.8 Å². The molecule has 3 aromatic rings. The molecule has 0 spiro atoms. The van der Waals surface area contributed by atoms with E-state index in [1.807, 2.05) is 4.57 Å². The first kappa shape index (κ1) is 26.2. The van der Waals surface area contributed by atoms with Gasteiger partial charge >= 0.3 is 12.3 Å². The highest BCUT2D eigenvalue weighted by Gasteiger charge is 2.32. The Hall–Kier alpha value is -2.91. The van der Waals surface area contributed by atoms with Crippen LogP contribution in [0.15, 0.2) is 30.5 Å². The zero-order valence-corrected chi connectivity index (χ0v) is 21.0. The number of nitrogens with zero attached hydrogens (tertiary/aromatic N) is 2. The minimum Gasteiger partial charge on any atom is -0.481 e. The van der Waals surface area contributed by atoms with Gasteiger partial charge in [0.1, 0.15) is 5.75 Å². The van der Waals surface area contributed by atoms with Crippen LogP contribution in [0.3, 0.4) is 0 Å². The maximum Gasteiger partial charge on any atom is 0.573 e. The third-order valence-electron chi connectivity index (χ3n) is 6.45. The molecule has 6 nitrogen and oxygen atoms in total. The minimum absolute atomic E-state index is 0.182. The van der Waals surface area contributed by atoms with Gasteiger partial charge in [0.25, 0.3) is 5.91 Å². The number of aliphatic carboxylic acids is 1. The van der Waals surface area contributed by atoms with Crippen LogP contribution in [-0.2, 0) is 11.3 Å². The molecule has 0 aliphatic carbocycles. The van der Waals surface area contributed by atoms with Crippen LogP contribution in [0.5, 0.6) is 5.75 Å². The summed E-state index contributed by atoms with van der Waals surface area (Å²) in [4.78, 5) is 26.0. The molecule has 1 N–H and O–H groups in total. The van der Waals surface area contributed by atoms with Crippen molar-refractivity contribution in [3.05, 3.63) is 62.8 Å². The molecule has 0 saturated carbocycles. The van der Waals surface area contributed by atoms with Gasteiger partial charge in [-0.2, -0.15) is 0 Å². The monoisotopic (exact) mass is 542 g/mol. The Balaban J connectivity index is 1.65. The van der Waals surface area contributed by atoms with Crippen molar-refractivity contribution < 1.29 is 32.6 Å². The molecule has 11 heteroatoms. The van der Waals surface area contributed by atoms with E-state index in [4.69, 9.17) is 23.2 Å². The number of carbonyl (C=O) groups is 2. The highest BCUT2D eigenvalue weighted by atomic mass is 35.5. The molecular weight excluding hydrogens is 520 g/mol. The van der Waals surface area contributed by atoms with Crippen molar-refractivity contribution in [1.82, 2.24) is 9.47 Å². The lowest BCUT2D eigenvalue weighted by Gasteiger charge is -2.30. The lowest BCUT2D eigenvalue weighted by atomic mass is 9.96. The molecule has 1 amide bonds. The van der Waals surface area contributed by atoms with E-state index < -0.39 is 18.2 Å². The summed E-state index contributed by atoms with van der Waals surface area (Å²) in [5.41, 5.74) is 2.76. The first-order chi connectivity index (χ1) is 16.9. The van der Waals surface area contributed by atoms with Crippen LogP contribution in [0.25, 0.3) is 10.9 Å². The quantitative estimate of drug-likeness (QED) is 0.402. The summed E-state index contributed by atoms with van der Waals surface area (Å²) >= 11 is 13.1. The van der Waals surface area contributed by atoms with Crippen LogP contribution in [0.2, 0.25) is 10.0 Å². The second-order valence-corrected chi connectivity index (χ2v) is 9.70. The van der Waals surface area contributed by atoms with Crippen molar-refractivity contribution in [2.24, 2.45) is 5.92 Å². The minimum atomic E-state index is -4.80. The second kappa shape index (κ2) is 9.86. The van der Waals surface area contributed by atoms with E-state index in [2.05, 4.69) is 4.74 Å². The summed E-state index contributed by atoms with van der Waals surface area (Å²) in [6.07, 6.45) is -2.28. The Morgan fingerprint density at radius 2 is 1.78 bits per heavy atom. The number of aromatic nitrogens is 1. The molecule has 2 heterocycles. The van der Waals surface area contributed by atoms with Gasteiger partial charge in [0.15, 0.2) is 0 Å². The molecule has 36 heavy (non-hydrogen) atoms. The number of rotatable bonds is 5. The fourth-order valence-electron chi connectivity index (χ4n) is 4.69. The number of likely N-dealkylation sites (tertiary alicyclic amines) is 1. The summed E-state index contributed by atoms with van der Waals surface area (Å²) in [5, 5.41) is 10.3. The van der Waals surface area contributed by atoms with Gasteiger partial charge in [-0.1, -0.05) is 23.2 Å². The maximum atomic E-state index is 13.2. The Morgan fingerprint density at radius 1 is 1.11 bits per heavy atom. The van der Waals surface area contributed by atoms with Crippen molar-refractivity contribution >= 4 is 46.0 Å². The number of benzene rings is 2. The van der Waals surface area contributed by atoms with Crippen LogP contribution in [0.4, 0.5) is 13.2 Å². The first-order valence-corrected chi connectivity index (χ1v) is 12.0. The van der Waals surface area contributed by atoms with Gasteiger partial charge in [0, 0.05) is 35.3 Å². The van der Waals surface area contributed by atoms with Crippen LogP contribution in [0, 0.1) is 19.8 Å². The van der Waals surface area contributed by atoms with Crippen LogP contribution in [-0.4, -0.2) is 45.9 Å². The fraction of sp³-hybridized carbons (Fsp3) is 0.360. The summed E-state index contributed by atoms with van der Waals surface area (Å²) in [6, 6.07) is 5.78. The highest BCUT2D eigenvalue weighted by molar-refractivity contribution is 6.38. The average Bonchev–Trinajstić information content (AvgIpc) is 3.10. The van der Waals surface area contributed by atoms with Gasteiger partial charge in [-0.3, -0.25) is 9.59 Å². The van der Waals surface area contributed by atoms with E-state index in [1.165, 1.54) is 12.1 Å². The van der Waals surface area contributed by atoms with Crippen LogP contribution >= 0.6 is 23.2 Å². The molecule has 1 fully saturated rings. The summed E-state index contributed by atoms with van der Waals surface area (Å²) in [7, 11) is 0. The molecule has 192 valence electrons. The van der Waals surface area contributed by atoms with Gasteiger partial charge in [-0.25, -0.2) is 0 Å². The Labute approximate surface area is 215 Å². The number of hydrogen-bond acceptors (Lipinski definition) is 3. The van der Waals surface area contributed by atoms with Crippen molar-refractivity contribution in [3.63, 3.8) is 0 Å². The highest BCUT2D eigenvalue weighted by Crippen LogP contribution is 2.35. The van der Waals surface area contributed by atoms with E-state index >= 15 is 0 Å². The average molecular weight is 543 g/mol. The molecule has 0 radical (unpaired) electrons. The van der Waals surface area contributed by atoms with Gasteiger partial charge < -0.3 is 19.3 Å². The summed E-state index contributed by atoms with van der Waals surface area (Å²) < 4.78 is 44.1. The third-order valence-corrected chi connectivity index (χ3v) is 7.23. The Morgan fingerprint density at radius 3 is 2.39 bits per heavy atom. The van der Waals surface area contributed by atoms with Crippen molar-refractivity contribution in [1.29, 1.82) is 0 Å². The number of carboxylic acid groups (broad SMARTS) is 1. The fourth-order valence-corrected chi connectivity index (χ4v) is 5.26. The summed E-state index contributed by atoms with van der Waals surface area (Å²) in [5.74, 6) is -1.94. The van der Waals surface area contributed by atoms with Crippen LogP contribution < -0.4 is 4.74 Å². The molecule has 1 aromatic heterocycles. The second-order valence-electron chi connectivity index (χ2n) is 8.92. The molecule has 2 aromatic carbocycles. The number of hydrogen-bond donors (Lipinski definition) is 1. The largest absolute Gasteiger partial charge is 0.573 e. The Bertz CT molecular complexity index is 1350. The van der Waals surface area contributed by atoms with E-state index in [0.29, 0.717) is 53.0 Å². The number of carboxylic acids is 1. The molecule has 1 aliphatic rings. The Kier molecular flexibility index (Phi) is 7.16. The van der Waals surface area contributed by atoms with Gasteiger partial charge in [-0.15, -0.1) is 13.2 Å². The van der Waals surface area contributed by atoms with E-state index in [-0.39, 0.29) is 28.8 Å². The van der Waals surface area contributed by atoms with Gasteiger partial charge in [0.05, 0.1) is 28.6 Å². The lowest BCUT2D eigenvalue weighted by molar-refractivity contribution is -0.274. The van der Waals surface area contributed by atoms with Crippen molar-refractivity contribution in [2.75, 3.05) is 13.1 Å². The molecular formula is C25H23Cl2F3N2O4. The van der Waals surface area contributed by atoms with Gasteiger partial charge in [-0.05, 0) is 62.1 Å². The number of alkyl halides is 3. The first-order valence-electron chi connectivity index (χ1n) is 11.2. The predicted molar refractivity (Wildman–Crippen MR) is 130 cm³/mol. The summed E-state index contributed by atoms with van der Waals surface area (Å²) in [6.45, 7) is 4.27. The maximum absolute atomic E-state index is 13.2. The standard InChI is InChI=1S/C25H23Cl2F3N2O4/c1-13-9-16(36-25(28,29)30)10-18-14(2)11-32(22(13)18)12-19-20(26)4-3-17(21(19)27)23(33)31-7-5-15(6-8-31)24(34)35/h3-4,9-11,15H,5-8,12H2,1-2H3,(H,34,35). The van der Waals surface area contributed by atoms with Crippen molar-refractivity contribution in [3.8, 4) is 5.75 Å². The number of amides is 1. The normalized spacial score (nSPS) is 14.9. The lowest BCUT2D eigenvalue weighted by Crippen LogP contribution is -2.40. The zero-order valence-electron chi connectivity index (χ0n) is 19.5. The zero-order chi connectivity index (χ0) is 26.4. The molecule has 1 aliphatic heterocycles.